The maximum absolute atomic E-state index is 5.95. The van der Waals surface area contributed by atoms with Crippen LogP contribution < -0.4 is 5.73 Å². The van der Waals surface area contributed by atoms with Crippen LogP contribution in [0.5, 0.6) is 0 Å². The van der Waals surface area contributed by atoms with Gasteiger partial charge in [-0.15, -0.1) is 0 Å². The second-order valence-corrected chi connectivity index (χ2v) is 3.51. The molecule has 0 saturated carbocycles. The normalized spacial score (nSPS) is 12.5. The Kier molecular flexibility index (Phi) is 3.75. The lowest BCUT2D eigenvalue weighted by Gasteiger charge is -2.10. The summed E-state index contributed by atoms with van der Waals surface area (Å²) >= 11 is 0. The fourth-order valence-corrected chi connectivity index (χ4v) is 1.63. The zero-order valence-electron chi connectivity index (χ0n) is 9.30. The first-order valence-electron chi connectivity index (χ1n) is 5.24. The first-order valence-corrected chi connectivity index (χ1v) is 5.24. The van der Waals surface area contributed by atoms with Crippen molar-refractivity contribution in [2.45, 2.75) is 33.6 Å². The van der Waals surface area contributed by atoms with Crippen LogP contribution in [0.3, 0.4) is 0 Å². The van der Waals surface area contributed by atoms with Crippen molar-refractivity contribution in [1.82, 2.24) is 0 Å². The fraction of sp³-hybridized carbons (Fsp3) is 0.385. The first-order chi connectivity index (χ1) is 6.70. The molecule has 0 atom stereocenters. The van der Waals surface area contributed by atoms with E-state index in [1.165, 1.54) is 16.7 Å². The highest BCUT2D eigenvalue weighted by molar-refractivity contribution is 5.68. The van der Waals surface area contributed by atoms with E-state index in [2.05, 4.69) is 45.0 Å². The number of hydrogen-bond acceptors (Lipinski definition) is 1. The molecular weight excluding hydrogens is 170 g/mol. The summed E-state index contributed by atoms with van der Waals surface area (Å²) < 4.78 is 0. The van der Waals surface area contributed by atoms with Crippen LogP contribution in [-0.2, 0) is 6.42 Å². The molecule has 1 heteroatoms. The van der Waals surface area contributed by atoms with Crippen molar-refractivity contribution in [2.24, 2.45) is 5.73 Å². The fourth-order valence-electron chi connectivity index (χ4n) is 1.63. The van der Waals surface area contributed by atoms with Crippen molar-refractivity contribution in [3.63, 3.8) is 0 Å². The molecule has 0 amide bonds. The highest BCUT2D eigenvalue weighted by atomic mass is 14.6. The smallest absolute Gasteiger partial charge is 0.0113 e. The lowest BCUT2D eigenvalue weighted by Crippen LogP contribution is -2.00. The highest BCUT2D eigenvalue weighted by Crippen LogP contribution is 2.21. The Morgan fingerprint density at radius 1 is 1.21 bits per heavy atom. The summed E-state index contributed by atoms with van der Waals surface area (Å²) in [5.74, 6) is 0. The van der Waals surface area contributed by atoms with Crippen LogP contribution in [0.2, 0.25) is 0 Å². The molecule has 1 aromatic rings. The van der Waals surface area contributed by atoms with Gasteiger partial charge in [-0.2, -0.15) is 0 Å². The van der Waals surface area contributed by atoms with E-state index in [1.54, 1.807) is 0 Å². The second kappa shape index (κ2) is 4.85. The van der Waals surface area contributed by atoms with Crippen molar-refractivity contribution in [1.29, 1.82) is 0 Å². The number of hydrogen-bond donors (Lipinski definition) is 1. The summed E-state index contributed by atoms with van der Waals surface area (Å²) in [6.45, 7) is 6.37. The van der Waals surface area contributed by atoms with Crippen LogP contribution in [0.25, 0.3) is 5.57 Å². The molecule has 14 heavy (non-hydrogen) atoms. The number of rotatable bonds is 3. The molecule has 0 aliphatic carbocycles. The predicted molar refractivity (Wildman–Crippen MR) is 62.9 cm³/mol. The van der Waals surface area contributed by atoms with Crippen molar-refractivity contribution in [3.05, 3.63) is 41.1 Å². The summed E-state index contributed by atoms with van der Waals surface area (Å²) in [4.78, 5) is 0. The van der Waals surface area contributed by atoms with Crippen molar-refractivity contribution in [2.75, 3.05) is 0 Å². The van der Waals surface area contributed by atoms with E-state index in [0.717, 1.165) is 18.5 Å². The van der Waals surface area contributed by atoms with Gasteiger partial charge < -0.3 is 5.73 Å². The van der Waals surface area contributed by atoms with E-state index < -0.39 is 0 Å². The molecule has 0 saturated heterocycles. The number of allylic oxidation sites excluding steroid dienone is 2. The molecule has 1 nitrogen and oxygen atoms in total. The Morgan fingerprint density at radius 3 is 2.43 bits per heavy atom. The van der Waals surface area contributed by atoms with Gasteiger partial charge in [-0.25, -0.2) is 0 Å². The Balaban J connectivity index is 3.18. The van der Waals surface area contributed by atoms with Crippen LogP contribution >= 0.6 is 0 Å². The van der Waals surface area contributed by atoms with Gasteiger partial charge in [0.2, 0.25) is 0 Å². The SMILES string of the molecule is CCC(N)=C(C)c1ccccc1CC. The molecule has 0 aliphatic rings. The van der Waals surface area contributed by atoms with Gasteiger partial charge in [-0.05, 0) is 36.5 Å². The predicted octanol–water partition coefficient (Wildman–Crippen LogP) is 3.35. The van der Waals surface area contributed by atoms with Crippen LogP contribution in [0, 0.1) is 0 Å². The molecule has 0 aromatic heterocycles. The Labute approximate surface area is 86.6 Å². The minimum absolute atomic E-state index is 0.921. The lowest BCUT2D eigenvalue weighted by molar-refractivity contribution is 1.06. The summed E-state index contributed by atoms with van der Waals surface area (Å²) in [7, 11) is 0. The van der Waals surface area contributed by atoms with E-state index in [1.807, 2.05) is 0 Å². The quantitative estimate of drug-likeness (QED) is 0.775. The number of nitrogens with two attached hydrogens (primary N) is 1. The molecule has 1 aromatic carbocycles. The topological polar surface area (TPSA) is 26.0 Å². The van der Waals surface area contributed by atoms with Crippen LogP contribution in [0.15, 0.2) is 30.0 Å². The molecule has 0 spiro atoms. The monoisotopic (exact) mass is 189 g/mol. The molecule has 0 unspecified atom stereocenters. The molecule has 76 valence electrons. The van der Waals surface area contributed by atoms with E-state index in [0.29, 0.717) is 0 Å². The molecule has 0 aliphatic heterocycles. The van der Waals surface area contributed by atoms with E-state index >= 15 is 0 Å². The van der Waals surface area contributed by atoms with Gasteiger partial charge in [0.05, 0.1) is 0 Å². The maximum Gasteiger partial charge on any atom is 0.0113 e. The Morgan fingerprint density at radius 2 is 1.86 bits per heavy atom. The lowest BCUT2D eigenvalue weighted by atomic mass is 9.97. The minimum Gasteiger partial charge on any atom is -0.402 e. The third-order valence-corrected chi connectivity index (χ3v) is 2.66. The second-order valence-electron chi connectivity index (χ2n) is 3.51. The zero-order valence-corrected chi connectivity index (χ0v) is 9.30. The largest absolute Gasteiger partial charge is 0.402 e. The third-order valence-electron chi connectivity index (χ3n) is 2.66. The summed E-state index contributed by atoms with van der Waals surface area (Å²) in [5.41, 5.74) is 10.8. The number of aryl methyl sites for hydroxylation is 1. The summed E-state index contributed by atoms with van der Waals surface area (Å²) in [5, 5.41) is 0. The Bertz CT molecular complexity index is 337. The maximum atomic E-state index is 5.95. The van der Waals surface area contributed by atoms with Crippen LogP contribution in [0.4, 0.5) is 0 Å². The van der Waals surface area contributed by atoms with Gasteiger partial charge in [-0.3, -0.25) is 0 Å². The van der Waals surface area contributed by atoms with Gasteiger partial charge in [-0.1, -0.05) is 38.1 Å². The average Bonchev–Trinajstić information content (AvgIpc) is 2.26. The van der Waals surface area contributed by atoms with Gasteiger partial charge in [0.25, 0.3) is 0 Å². The van der Waals surface area contributed by atoms with Gasteiger partial charge >= 0.3 is 0 Å². The third kappa shape index (κ3) is 2.16. The van der Waals surface area contributed by atoms with E-state index in [4.69, 9.17) is 5.73 Å². The van der Waals surface area contributed by atoms with Crippen molar-refractivity contribution >= 4 is 5.57 Å². The van der Waals surface area contributed by atoms with Gasteiger partial charge in [0.1, 0.15) is 0 Å². The van der Waals surface area contributed by atoms with E-state index in [9.17, 15) is 0 Å². The molecule has 0 radical (unpaired) electrons. The average molecular weight is 189 g/mol. The molecule has 0 fully saturated rings. The molecule has 0 bridgehead atoms. The molecule has 0 heterocycles. The Hall–Kier alpha value is -1.24. The van der Waals surface area contributed by atoms with Crippen LogP contribution in [0.1, 0.15) is 38.3 Å². The zero-order chi connectivity index (χ0) is 10.6. The molecular formula is C13H19N. The first kappa shape index (κ1) is 10.8. The van der Waals surface area contributed by atoms with Gasteiger partial charge in [0, 0.05) is 5.70 Å². The van der Waals surface area contributed by atoms with Crippen LogP contribution in [-0.4, -0.2) is 0 Å². The van der Waals surface area contributed by atoms with E-state index in [-0.39, 0.29) is 0 Å². The number of benzene rings is 1. The van der Waals surface area contributed by atoms with Crippen molar-refractivity contribution in [3.8, 4) is 0 Å². The summed E-state index contributed by atoms with van der Waals surface area (Å²) in [6, 6.07) is 8.47. The standard InChI is InChI=1S/C13H19N/c1-4-11-8-6-7-9-12(11)10(3)13(14)5-2/h6-9H,4-5,14H2,1-3H3. The molecule has 2 N–H and O–H groups in total. The van der Waals surface area contributed by atoms with Gasteiger partial charge in [0.15, 0.2) is 0 Å². The highest BCUT2D eigenvalue weighted by Gasteiger charge is 2.03. The minimum atomic E-state index is 0.921. The summed E-state index contributed by atoms with van der Waals surface area (Å²) in [6.07, 6.45) is 1.98. The molecule has 1 rings (SSSR count). The van der Waals surface area contributed by atoms with Crippen molar-refractivity contribution < 1.29 is 0 Å².